The zero-order chi connectivity index (χ0) is 28.6. The van der Waals surface area contributed by atoms with Crippen LogP contribution in [0.4, 0.5) is 0 Å². The Morgan fingerprint density at radius 2 is 1.98 bits per heavy atom. The summed E-state index contributed by atoms with van der Waals surface area (Å²) in [6, 6.07) is 12.0. The molecule has 208 valence electrons. The molecule has 0 bridgehead atoms. The van der Waals surface area contributed by atoms with Crippen molar-refractivity contribution in [2.75, 3.05) is 33.3 Å². The van der Waals surface area contributed by atoms with Crippen LogP contribution >= 0.6 is 0 Å². The molecule has 4 aromatic heterocycles. The summed E-state index contributed by atoms with van der Waals surface area (Å²) in [5.41, 5.74) is 5.17. The molecule has 0 N–H and O–H groups in total. The van der Waals surface area contributed by atoms with E-state index >= 15 is 0 Å². The maximum absolute atomic E-state index is 9.70. The van der Waals surface area contributed by atoms with E-state index in [0.717, 1.165) is 66.3 Å². The fourth-order valence-corrected chi connectivity index (χ4v) is 4.77. The summed E-state index contributed by atoms with van der Waals surface area (Å²) in [6.07, 6.45) is 12.7. The van der Waals surface area contributed by atoms with Gasteiger partial charge in [0.05, 0.1) is 30.6 Å². The molecule has 5 rings (SSSR count). The summed E-state index contributed by atoms with van der Waals surface area (Å²) in [4.78, 5) is 17.4. The Morgan fingerprint density at radius 1 is 1.12 bits per heavy atom. The summed E-state index contributed by atoms with van der Waals surface area (Å²) in [7, 11) is 1.62. The lowest BCUT2D eigenvalue weighted by atomic mass is 10.0. The van der Waals surface area contributed by atoms with Crippen LogP contribution in [0.25, 0.3) is 11.1 Å². The highest BCUT2D eigenvalue weighted by Crippen LogP contribution is 2.28. The van der Waals surface area contributed by atoms with Crippen molar-refractivity contribution in [3.63, 3.8) is 0 Å². The fourth-order valence-electron chi connectivity index (χ4n) is 4.77. The second-order valence-corrected chi connectivity index (χ2v) is 9.71. The number of nitrogens with zero attached hydrogens (tertiary/aromatic N) is 8. The number of aliphatic imine (C=N–C) groups is 1. The molecule has 0 atom stereocenters. The molecular weight excluding hydrogens is 516 g/mol. The van der Waals surface area contributed by atoms with Crippen molar-refractivity contribution in [2.45, 2.75) is 20.1 Å². The normalized spacial score (nSPS) is 14.6. The summed E-state index contributed by atoms with van der Waals surface area (Å²) >= 11 is 0. The van der Waals surface area contributed by atoms with E-state index in [1.165, 1.54) is 0 Å². The van der Waals surface area contributed by atoms with Gasteiger partial charge >= 0.3 is 0 Å². The second-order valence-electron chi connectivity index (χ2n) is 9.71. The van der Waals surface area contributed by atoms with Crippen LogP contribution in [0, 0.1) is 11.3 Å². The first kappa shape index (κ1) is 27.6. The highest BCUT2D eigenvalue weighted by atomic mass is 16.5. The van der Waals surface area contributed by atoms with Crippen LogP contribution in [0.3, 0.4) is 0 Å². The van der Waals surface area contributed by atoms with Gasteiger partial charge < -0.3 is 14.4 Å². The molecular formula is C31H32N8O2. The number of hydrogen-bond acceptors (Lipinski definition) is 9. The Hall–Kier alpha value is -5.01. The Kier molecular flexibility index (Phi) is 8.67. The first-order valence-electron chi connectivity index (χ1n) is 13.3. The second kappa shape index (κ2) is 12.9. The minimum absolute atomic E-state index is 0.374. The number of hydrogen-bond donors (Lipinski definition) is 0. The smallest absolute Gasteiger partial charge is 0.212 e. The van der Waals surface area contributed by atoms with Crippen LogP contribution in [-0.2, 0) is 13.2 Å². The van der Waals surface area contributed by atoms with E-state index in [0.29, 0.717) is 23.8 Å². The largest absolute Gasteiger partial charge is 0.487 e. The fraction of sp³-hybridized carbons (Fsp3) is 0.258. The van der Waals surface area contributed by atoms with Crippen molar-refractivity contribution in [1.82, 2.24) is 29.4 Å². The molecule has 4 aromatic rings. The third-order valence-corrected chi connectivity index (χ3v) is 7.01. The molecule has 1 aliphatic heterocycles. The Balaban J connectivity index is 1.31. The van der Waals surface area contributed by atoms with Gasteiger partial charge in [-0.2, -0.15) is 10.4 Å². The molecule has 1 saturated heterocycles. The van der Waals surface area contributed by atoms with E-state index in [2.05, 4.69) is 48.7 Å². The molecule has 5 heterocycles. The van der Waals surface area contributed by atoms with E-state index < -0.39 is 0 Å². The summed E-state index contributed by atoms with van der Waals surface area (Å²) in [6.45, 7) is 10.5. The summed E-state index contributed by atoms with van der Waals surface area (Å²) < 4.78 is 12.9. The van der Waals surface area contributed by atoms with Gasteiger partial charge in [-0.3, -0.25) is 9.88 Å². The van der Waals surface area contributed by atoms with Crippen LogP contribution in [0.5, 0.6) is 11.6 Å². The maximum Gasteiger partial charge on any atom is 0.212 e. The van der Waals surface area contributed by atoms with Gasteiger partial charge in [-0.05, 0) is 43.0 Å². The van der Waals surface area contributed by atoms with Crippen molar-refractivity contribution in [1.29, 1.82) is 5.26 Å². The number of ether oxygens (including phenoxy) is 2. The highest BCUT2D eigenvalue weighted by Gasteiger charge is 2.19. The zero-order valence-corrected chi connectivity index (χ0v) is 23.3. The van der Waals surface area contributed by atoms with Gasteiger partial charge in [0.15, 0.2) is 0 Å². The number of rotatable bonds is 10. The monoisotopic (exact) mass is 548 g/mol. The summed E-state index contributed by atoms with van der Waals surface area (Å²) in [5.74, 6) is 2.07. The Labute approximate surface area is 239 Å². The Bertz CT molecular complexity index is 1600. The summed E-state index contributed by atoms with van der Waals surface area (Å²) in [5, 5.41) is 14.1. The number of nitriles is 1. The van der Waals surface area contributed by atoms with Crippen LogP contribution in [0.2, 0.25) is 0 Å². The number of allylic oxidation sites excluding steroid dienone is 3. The van der Waals surface area contributed by atoms with Crippen molar-refractivity contribution in [3.05, 3.63) is 102 Å². The minimum Gasteiger partial charge on any atom is -0.487 e. The van der Waals surface area contributed by atoms with Crippen molar-refractivity contribution in [2.24, 2.45) is 4.99 Å². The lowest BCUT2D eigenvalue weighted by molar-refractivity contribution is 0.152. The topological polar surface area (TPSA) is 104 Å². The molecule has 0 saturated carbocycles. The molecule has 0 aromatic carbocycles. The van der Waals surface area contributed by atoms with Crippen LogP contribution in [0.1, 0.15) is 29.2 Å². The van der Waals surface area contributed by atoms with Crippen LogP contribution in [0.15, 0.2) is 84.3 Å². The number of methoxy groups -OCH3 is 1. The predicted molar refractivity (Wildman–Crippen MR) is 157 cm³/mol. The van der Waals surface area contributed by atoms with Crippen LogP contribution < -0.4 is 9.47 Å². The van der Waals surface area contributed by atoms with E-state index in [4.69, 9.17) is 9.47 Å². The average molecular weight is 549 g/mol. The molecule has 0 spiro atoms. The SMILES string of the molecule is C=N/C(=C\C=C(/C)c1cc(OCc2cccnc2)cn2ncc(C#N)c12)N1CCN(Cc2ccc(OC)nc2)CC1. The number of aromatic nitrogens is 4. The number of piperazine rings is 1. The zero-order valence-electron chi connectivity index (χ0n) is 23.3. The van der Waals surface area contributed by atoms with Gasteiger partial charge in [0, 0.05) is 68.5 Å². The Morgan fingerprint density at radius 3 is 2.66 bits per heavy atom. The molecule has 0 aliphatic carbocycles. The lowest BCUT2D eigenvalue weighted by Gasteiger charge is -2.35. The lowest BCUT2D eigenvalue weighted by Crippen LogP contribution is -2.45. The van der Waals surface area contributed by atoms with Crippen molar-refractivity contribution >= 4 is 17.8 Å². The first-order valence-corrected chi connectivity index (χ1v) is 13.3. The molecule has 41 heavy (non-hydrogen) atoms. The van der Waals surface area contributed by atoms with Gasteiger partial charge in [0.1, 0.15) is 24.2 Å². The van der Waals surface area contributed by atoms with E-state index in [-0.39, 0.29) is 0 Å². The minimum atomic E-state index is 0.374. The molecule has 10 heteroatoms. The van der Waals surface area contributed by atoms with Crippen LogP contribution in [-0.4, -0.2) is 69.4 Å². The maximum atomic E-state index is 9.70. The third kappa shape index (κ3) is 6.59. The van der Waals surface area contributed by atoms with E-state index in [9.17, 15) is 5.26 Å². The number of fused-ring (bicyclic) bond motifs is 1. The van der Waals surface area contributed by atoms with Gasteiger partial charge in [0.2, 0.25) is 5.88 Å². The molecule has 10 nitrogen and oxygen atoms in total. The predicted octanol–water partition coefficient (Wildman–Crippen LogP) is 4.35. The van der Waals surface area contributed by atoms with Gasteiger partial charge in [-0.15, -0.1) is 0 Å². The molecule has 0 unspecified atom stereocenters. The van der Waals surface area contributed by atoms with E-state index in [1.807, 2.05) is 49.5 Å². The molecule has 0 radical (unpaired) electrons. The highest BCUT2D eigenvalue weighted by molar-refractivity contribution is 5.82. The molecule has 1 fully saturated rings. The molecule has 1 aliphatic rings. The average Bonchev–Trinajstić information content (AvgIpc) is 3.44. The standard InChI is InChI=1S/C31H32N8O2/c1-23(6-8-29(33-2)38-13-11-37(12-14-38)20-24-7-9-30(40-3)35-18-24)28-15-27(41-22-25-5-4-10-34-17-25)21-39-31(28)26(16-32)19-36-39/h4-10,15,17-19,21H,2,11-14,20,22H2,1,3H3/b23-6+,29-8+. The van der Waals surface area contributed by atoms with Crippen molar-refractivity contribution in [3.8, 4) is 17.7 Å². The van der Waals surface area contributed by atoms with Gasteiger partial charge in [-0.25, -0.2) is 14.5 Å². The molecule has 0 amide bonds. The van der Waals surface area contributed by atoms with Crippen molar-refractivity contribution < 1.29 is 9.47 Å². The van der Waals surface area contributed by atoms with Gasteiger partial charge in [-0.1, -0.05) is 18.2 Å². The quantitative estimate of drug-likeness (QED) is 0.213. The van der Waals surface area contributed by atoms with Gasteiger partial charge in [0.25, 0.3) is 0 Å². The van der Waals surface area contributed by atoms with E-state index in [1.54, 1.807) is 36.4 Å². The third-order valence-electron chi connectivity index (χ3n) is 7.01. The number of pyridine rings is 3. The first-order chi connectivity index (χ1) is 20.1.